The number of aryl methyl sites for hydroxylation is 4. The summed E-state index contributed by atoms with van der Waals surface area (Å²) in [7, 11) is 0. The number of H-pyrrole nitrogens is 2. The summed E-state index contributed by atoms with van der Waals surface area (Å²) in [6.45, 7) is 8.70. The summed E-state index contributed by atoms with van der Waals surface area (Å²) in [5.74, 6) is 0. The maximum Gasteiger partial charge on any atom is 0.273 e. The molecule has 5 heterocycles. The largest absolute Gasteiger partial charge is 0.354 e. The molecule has 0 saturated carbocycles. The highest BCUT2D eigenvalue weighted by atomic mass is 16.6. The van der Waals surface area contributed by atoms with Crippen molar-refractivity contribution in [3.05, 3.63) is 183 Å². The molecule has 2 aliphatic heterocycles. The van der Waals surface area contributed by atoms with E-state index in [9.17, 15) is 40.5 Å². The van der Waals surface area contributed by atoms with E-state index in [0.717, 1.165) is 154 Å². The minimum Gasteiger partial charge on any atom is -0.354 e. The van der Waals surface area contributed by atoms with E-state index in [1.54, 1.807) is 24.3 Å². The van der Waals surface area contributed by atoms with E-state index in [1.165, 1.54) is 0 Å². The third-order valence-electron chi connectivity index (χ3n) is 18.2. The fourth-order valence-corrected chi connectivity index (χ4v) is 13.2. The smallest absolute Gasteiger partial charge is 0.273 e. The van der Waals surface area contributed by atoms with E-state index in [4.69, 9.17) is 9.97 Å². The number of nitrogens with zero attached hydrogens (tertiary/aromatic N) is 6. The highest BCUT2D eigenvalue weighted by molar-refractivity contribution is 6.00. The first-order chi connectivity index (χ1) is 44.8. The molecule has 2 N–H and O–H groups in total. The van der Waals surface area contributed by atoms with Gasteiger partial charge in [0.15, 0.2) is 0 Å². The average Bonchev–Trinajstić information content (AvgIpc) is 1.73. The second-order valence-electron chi connectivity index (χ2n) is 25.0. The Morgan fingerprint density at radius 3 is 0.707 bits per heavy atom. The topological polar surface area (TPSA) is 230 Å². The highest BCUT2D eigenvalue weighted by Crippen LogP contribution is 2.42. The van der Waals surface area contributed by atoms with Crippen molar-refractivity contribution in [3.8, 4) is 44.5 Å². The van der Waals surface area contributed by atoms with Crippen LogP contribution in [0.4, 0.5) is 22.7 Å². The van der Waals surface area contributed by atoms with Gasteiger partial charge in [-0.05, 0) is 122 Å². The summed E-state index contributed by atoms with van der Waals surface area (Å²) >= 11 is 0. The molecular formula is C76H90N8O8. The summed E-state index contributed by atoms with van der Waals surface area (Å²) < 4.78 is 0. The first-order valence-corrected chi connectivity index (χ1v) is 34.1. The van der Waals surface area contributed by atoms with Gasteiger partial charge in [-0.3, -0.25) is 40.5 Å². The Morgan fingerprint density at radius 2 is 0.500 bits per heavy atom. The van der Waals surface area contributed by atoms with Crippen molar-refractivity contribution in [1.29, 1.82) is 0 Å². The molecule has 92 heavy (non-hydrogen) atoms. The summed E-state index contributed by atoms with van der Waals surface area (Å²) in [5, 5.41) is 52.6. The number of aromatic nitrogens is 4. The Hall–Kier alpha value is -8.92. The van der Waals surface area contributed by atoms with Crippen LogP contribution in [0.5, 0.6) is 0 Å². The molecule has 0 aliphatic carbocycles. The van der Waals surface area contributed by atoms with Crippen molar-refractivity contribution < 1.29 is 19.7 Å². The number of benzene rings is 4. The van der Waals surface area contributed by atoms with Crippen molar-refractivity contribution in [2.75, 3.05) is 0 Å². The van der Waals surface area contributed by atoms with E-state index in [0.29, 0.717) is 137 Å². The summed E-state index contributed by atoms with van der Waals surface area (Å²) in [6, 6.07) is 29.0. The number of fused-ring (bicyclic) bond motifs is 8. The van der Waals surface area contributed by atoms with Crippen molar-refractivity contribution in [1.82, 2.24) is 19.9 Å². The maximum atomic E-state index is 13.1. The zero-order valence-corrected chi connectivity index (χ0v) is 54.3. The Morgan fingerprint density at radius 1 is 0.293 bits per heavy atom. The Labute approximate surface area is 540 Å². The van der Waals surface area contributed by atoms with Gasteiger partial charge in [0.1, 0.15) is 0 Å². The number of nitrogens with one attached hydrogen (secondary N) is 2. The van der Waals surface area contributed by atoms with Crippen LogP contribution in [0.25, 0.3) is 90.9 Å². The zero-order valence-electron chi connectivity index (χ0n) is 54.3. The molecule has 0 radical (unpaired) electrons. The van der Waals surface area contributed by atoms with E-state index < -0.39 is 0 Å². The molecule has 16 heteroatoms. The fourth-order valence-electron chi connectivity index (χ4n) is 13.2. The van der Waals surface area contributed by atoms with Gasteiger partial charge >= 0.3 is 0 Å². The van der Waals surface area contributed by atoms with E-state index in [2.05, 4.69) is 37.7 Å². The van der Waals surface area contributed by atoms with Crippen LogP contribution >= 0.6 is 0 Å². The lowest BCUT2D eigenvalue weighted by atomic mass is 9.97. The van der Waals surface area contributed by atoms with Gasteiger partial charge in [0.25, 0.3) is 22.7 Å². The molecule has 0 unspecified atom stereocenters. The molecule has 8 bridgehead atoms. The molecule has 0 fully saturated rings. The molecule has 4 aromatic carbocycles. The van der Waals surface area contributed by atoms with E-state index in [-0.39, 0.29) is 42.4 Å². The lowest BCUT2D eigenvalue weighted by molar-refractivity contribution is -0.385. The predicted molar refractivity (Wildman–Crippen MR) is 376 cm³/mol. The minimum atomic E-state index is -0.324. The number of aromatic amines is 2. The SMILES string of the molecule is CCCCCCCCc1ccc(-c2c3nc(c(-c4ccc(CCCCCCCC)c([N+](=O)[O-])c4)c4ccc([nH]4)c(-c4ccc(CCCCCCCC)c([N+](=O)[O-])c4)c4nc(c(-c5ccc(CCCCCCCC)c([N+](=O)[O-])c5)c5ccc2[nH]5)C=C4)C=C3)cc1[N+](=O)[O-]. The lowest BCUT2D eigenvalue weighted by Crippen LogP contribution is -1.98. The van der Waals surface area contributed by atoms with Crippen molar-refractivity contribution >= 4 is 69.1 Å². The highest BCUT2D eigenvalue weighted by Gasteiger charge is 2.26. The first-order valence-electron chi connectivity index (χ1n) is 34.1. The van der Waals surface area contributed by atoms with Crippen LogP contribution in [-0.2, 0) is 25.7 Å². The van der Waals surface area contributed by atoms with Crippen molar-refractivity contribution in [2.24, 2.45) is 0 Å². The van der Waals surface area contributed by atoms with Crippen LogP contribution in [0.15, 0.2) is 97.1 Å². The van der Waals surface area contributed by atoms with Gasteiger partial charge in [-0.15, -0.1) is 0 Å². The van der Waals surface area contributed by atoms with Gasteiger partial charge in [-0.1, -0.05) is 205 Å². The summed E-state index contributed by atoms with van der Waals surface area (Å²) in [4.78, 5) is 69.4. The van der Waals surface area contributed by atoms with Crippen molar-refractivity contribution in [2.45, 2.75) is 207 Å². The van der Waals surface area contributed by atoms with Gasteiger partial charge < -0.3 is 9.97 Å². The van der Waals surface area contributed by atoms with Crippen LogP contribution in [-0.4, -0.2) is 39.6 Å². The normalized spacial score (nSPS) is 11.9. The first kappa shape index (κ1) is 67.5. The Bertz CT molecular complexity index is 3510. The minimum absolute atomic E-state index is 0.00672. The van der Waals surface area contributed by atoms with Crippen LogP contribution in [0.2, 0.25) is 0 Å². The standard InChI is InChI=1S/C76H90N8O8/c1-5-9-13-17-21-25-29-53-33-37-57(49-69(53)81(85)86)73-61-41-43-63(77-61)74(58-38-34-54(70(50-58)82(87)88)30-26-22-18-14-10-6-2)65-45-47-67(79-65)76(60-40-36-56(72(52-60)84(91)92)32-28-24-20-16-12-8-4)68-48-46-66(80-68)75(64-44-42-62(73)78-64)59-39-35-55(71(51-59)83(89)90)31-27-23-19-15-11-7-3/h33-52,77,80H,5-32H2,1-4H3. The second-order valence-corrected chi connectivity index (χ2v) is 25.0. The van der Waals surface area contributed by atoms with Gasteiger partial charge in [0.2, 0.25) is 0 Å². The Balaban J connectivity index is 1.33. The quantitative estimate of drug-likeness (QED) is 0.0214. The molecule has 2 aliphatic rings. The second kappa shape index (κ2) is 33.4. The zero-order chi connectivity index (χ0) is 64.9. The monoisotopic (exact) mass is 1240 g/mol. The summed E-state index contributed by atoms with van der Waals surface area (Å²) in [5.41, 5.74) is 10.8. The van der Waals surface area contributed by atoms with Gasteiger partial charge in [0, 0.05) is 90.8 Å². The molecular weight excluding hydrogens is 1150 g/mol. The molecule has 7 aromatic rings. The molecule has 482 valence electrons. The Kier molecular flexibility index (Phi) is 24.5. The molecule has 0 atom stereocenters. The summed E-state index contributed by atoms with van der Waals surface area (Å²) in [6.07, 6.45) is 34.5. The number of hydrogen-bond donors (Lipinski definition) is 2. The van der Waals surface area contributed by atoms with Crippen LogP contribution < -0.4 is 0 Å². The molecule has 0 amide bonds. The third-order valence-corrected chi connectivity index (χ3v) is 18.2. The number of hydrogen-bond acceptors (Lipinski definition) is 10. The van der Waals surface area contributed by atoms with E-state index in [1.807, 2.05) is 97.1 Å². The van der Waals surface area contributed by atoms with Crippen LogP contribution in [0.3, 0.4) is 0 Å². The van der Waals surface area contributed by atoms with Gasteiger partial charge in [-0.25, -0.2) is 9.97 Å². The molecule has 9 rings (SSSR count). The van der Waals surface area contributed by atoms with Crippen LogP contribution in [0.1, 0.15) is 227 Å². The third kappa shape index (κ3) is 17.0. The number of nitro benzene ring substituents is 4. The number of nitro groups is 4. The predicted octanol–water partition coefficient (Wildman–Crippen LogP) is 22.6. The molecule has 0 saturated heterocycles. The number of rotatable bonds is 36. The van der Waals surface area contributed by atoms with Crippen molar-refractivity contribution in [3.63, 3.8) is 0 Å². The van der Waals surface area contributed by atoms with Gasteiger partial charge in [-0.2, -0.15) is 0 Å². The fraction of sp³-hybridized carbons (Fsp3) is 0.421. The average molecular weight is 1240 g/mol. The molecule has 0 spiro atoms. The van der Waals surface area contributed by atoms with Crippen LogP contribution in [0, 0.1) is 40.5 Å². The maximum absolute atomic E-state index is 13.1. The number of unbranched alkanes of at least 4 members (excludes halogenated alkanes) is 20. The van der Waals surface area contributed by atoms with E-state index >= 15 is 0 Å². The molecule has 16 nitrogen and oxygen atoms in total. The van der Waals surface area contributed by atoms with Gasteiger partial charge in [0.05, 0.1) is 42.5 Å². The lowest BCUT2D eigenvalue weighted by Gasteiger charge is -2.10. The molecule has 3 aromatic heterocycles.